The van der Waals surface area contributed by atoms with Crippen LogP contribution >= 0.6 is 0 Å². The molecule has 11 nitrogen and oxygen atoms in total. The Bertz CT molecular complexity index is 853. The molecule has 5 amide bonds. The summed E-state index contributed by atoms with van der Waals surface area (Å²) >= 11 is 0. The van der Waals surface area contributed by atoms with Crippen LogP contribution in [0, 0.1) is 5.41 Å². The standard InChI is InChI=1S/C26H46N6O5/c1-16(2)28-24(35)32-15-19(37-25(36)30-12-9-8-10-13-30)20-18(32)11-14-31(20)23(34)21(26(4,5)6)29-22(33)17(3)27-7/h16-21,27H,8-15H2,1-7H3,(H,28,35)(H,29,33)/t17-,18+,19-,20-,21+/m0/s1. The van der Waals surface area contributed by atoms with E-state index >= 15 is 0 Å². The van der Waals surface area contributed by atoms with Crippen molar-refractivity contribution >= 4 is 23.9 Å². The summed E-state index contributed by atoms with van der Waals surface area (Å²) in [5, 5.41) is 8.78. The number of hydrogen-bond donors (Lipinski definition) is 3. The van der Waals surface area contributed by atoms with Crippen LogP contribution in [0.4, 0.5) is 9.59 Å². The maximum Gasteiger partial charge on any atom is 0.410 e. The third-order valence-electron chi connectivity index (χ3n) is 7.63. The molecule has 210 valence electrons. The molecule has 0 aliphatic carbocycles. The van der Waals surface area contributed by atoms with E-state index in [4.69, 9.17) is 4.74 Å². The molecular weight excluding hydrogens is 476 g/mol. The molecule has 3 heterocycles. The van der Waals surface area contributed by atoms with Gasteiger partial charge in [-0.1, -0.05) is 20.8 Å². The van der Waals surface area contributed by atoms with Crippen LogP contribution in [-0.4, -0.2) is 108 Å². The van der Waals surface area contributed by atoms with Gasteiger partial charge in [0.25, 0.3) is 0 Å². The minimum Gasteiger partial charge on any atom is -0.442 e. The second kappa shape index (κ2) is 11.9. The van der Waals surface area contributed by atoms with Crippen molar-refractivity contribution in [3.8, 4) is 0 Å². The van der Waals surface area contributed by atoms with Gasteiger partial charge in [0.15, 0.2) is 0 Å². The highest BCUT2D eigenvalue weighted by Gasteiger charge is 2.55. The summed E-state index contributed by atoms with van der Waals surface area (Å²) in [6.07, 6.45) is 2.52. The van der Waals surface area contributed by atoms with E-state index < -0.39 is 35.7 Å². The molecule has 0 bridgehead atoms. The summed E-state index contributed by atoms with van der Waals surface area (Å²) in [5.41, 5.74) is -0.550. The number of amides is 5. The number of urea groups is 1. The zero-order valence-electron chi connectivity index (χ0n) is 23.5. The van der Waals surface area contributed by atoms with Crippen molar-refractivity contribution in [1.82, 2.24) is 30.7 Å². The third kappa shape index (κ3) is 6.66. The largest absolute Gasteiger partial charge is 0.442 e. The van der Waals surface area contributed by atoms with Gasteiger partial charge in [0.1, 0.15) is 12.1 Å². The first kappa shape index (κ1) is 29.0. The SMILES string of the molecule is CN[C@@H](C)C(=O)N[C@H](C(=O)N1CC[C@@H]2[C@H]1[C@@H](OC(=O)N1CCCCC1)CN2C(=O)NC(C)C)C(C)(C)C. The first-order chi connectivity index (χ1) is 17.3. The van der Waals surface area contributed by atoms with E-state index in [0.29, 0.717) is 26.1 Å². The van der Waals surface area contributed by atoms with Gasteiger partial charge in [-0.05, 0) is 58.9 Å². The Hall–Kier alpha value is -2.56. The van der Waals surface area contributed by atoms with Crippen LogP contribution in [0.25, 0.3) is 0 Å². The van der Waals surface area contributed by atoms with Gasteiger partial charge in [-0.3, -0.25) is 9.59 Å². The van der Waals surface area contributed by atoms with Gasteiger partial charge in [-0.15, -0.1) is 0 Å². The number of nitrogens with zero attached hydrogens (tertiary/aromatic N) is 3. The minimum absolute atomic E-state index is 0.0466. The van der Waals surface area contributed by atoms with E-state index in [2.05, 4.69) is 16.0 Å². The lowest BCUT2D eigenvalue weighted by molar-refractivity contribution is -0.142. The number of fused-ring (bicyclic) bond motifs is 1. The fourth-order valence-corrected chi connectivity index (χ4v) is 5.45. The van der Waals surface area contributed by atoms with Crippen LogP contribution < -0.4 is 16.0 Å². The number of carbonyl (C=O) groups is 4. The molecule has 0 radical (unpaired) electrons. The number of nitrogens with one attached hydrogen (secondary N) is 3. The summed E-state index contributed by atoms with van der Waals surface area (Å²) in [7, 11) is 1.69. The second-order valence-electron chi connectivity index (χ2n) is 11.9. The van der Waals surface area contributed by atoms with Crippen LogP contribution in [0.2, 0.25) is 0 Å². The van der Waals surface area contributed by atoms with Crippen molar-refractivity contribution < 1.29 is 23.9 Å². The molecule has 3 saturated heterocycles. The molecule has 0 aromatic heterocycles. The average molecular weight is 523 g/mol. The van der Waals surface area contributed by atoms with Gasteiger partial charge < -0.3 is 35.4 Å². The molecule has 3 fully saturated rings. The quantitative estimate of drug-likeness (QED) is 0.486. The molecular formula is C26H46N6O5. The second-order valence-corrected chi connectivity index (χ2v) is 11.9. The number of hydrogen-bond acceptors (Lipinski definition) is 6. The first-order valence-corrected chi connectivity index (χ1v) is 13.7. The molecule has 37 heavy (non-hydrogen) atoms. The number of rotatable bonds is 6. The van der Waals surface area contributed by atoms with Crippen LogP contribution in [0.3, 0.4) is 0 Å². The Morgan fingerprint density at radius 3 is 2.14 bits per heavy atom. The Morgan fingerprint density at radius 1 is 0.919 bits per heavy atom. The normalized spacial score (nSPS) is 25.5. The highest BCUT2D eigenvalue weighted by atomic mass is 16.6. The number of carbonyl (C=O) groups excluding carboxylic acids is 4. The Labute approximate surface area is 221 Å². The van der Waals surface area contributed by atoms with Crippen molar-refractivity contribution in [1.29, 1.82) is 0 Å². The lowest BCUT2D eigenvalue weighted by Gasteiger charge is -2.37. The molecule has 0 aromatic rings. The third-order valence-corrected chi connectivity index (χ3v) is 7.63. The van der Waals surface area contributed by atoms with Gasteiger partial charge in [-0.25, -0.2) is 9.59 Å². The minimum atomic E-state index is -0.772. The molecule has 0 unspecified atom stereocenters. The van der Waals surface area contributed by atoms with Crippen molar-refractivity contribution in [2.45, 2.75) is 104 Å². The Morgan fingerprint density at radius 2 is 1.57 bits per heavy atom. The lowest BCUT2D eigenvalue weighted by Crippen LogP contribution is -2.59. The predicted octanol–water partition coefficient (Wildman–Crippen LogP) is 1.52. The van der Waals surface area contributed by atoms with Crippen molar-refractivity contribution in [2.75, 3.05) is 33.2 Å². The Balaban J connectivity index is 1.86. The van der Waals surface area contributed by atoms with Crippen molar-refractivity contribution in [2.24, 2.45) is 5.41 Å². The summed E-state index contributed by atoms with van der Waals surface area (Å²) in [5.74, 6) is -0.481. The Kier molecular flexibility index (Phi) is 9.31. The smallest absolute Gasteiger partial charge is 0.410 e. The number of likely N-dealkylation sites (tertiary alicyclic amines) is 3. The van der Waals surface area contributed by atoms with Crippen LogP contribution in [0.5, 0.6) is 0 Å². The zero-order chi connectivity index (χ0) is 27.5. The highest BCUT2D eigenvalue weighted by Crippen LogP contribution is 2.36. The zero-order valence-corrected chi connectivity index (χ0v) is 23.5. The van der Waals surface area contributed by atoms with Gasteiger partial charge >= 0.3 is 12.1 Å². The van der Waals surface area contributed by atoms with Gasteiger partial charge in [-0.2, -0.15) is 0 Å². The summed E-state index contributed by atoms with van der Waals surface area (Å²) in [6, 6.07) is -2.23. The van der Waals surface area contributed by atoms with E-state index in [9.17, 15) is 19.2 Å². The van der Waals surface area contributed by atoms with E-state index in [-0.39, 0.29) is 36.5 Å². The van der Waals surface area contributed by atoms with Gasteiger partial charge in [0.2, 0.25) is 11.8 Å². The molecule has 3 N–H and O–H groups in total. The molecule has 11 heteroatoms. The number of ether oxygens (including phenoxy) is 1. The van der Waals surface area contributed by atoms with Crippen molar-refractivity contribution in [3.05, 3.63) is 0 Å². The molecule has 0 spiro atoms. The molecule has 3 aliphatic rings. The van der Waals surface area contributed by atoms with Crippen LogP contribution in [0.15, 0.2) is 0 Å². The van der Waals surface area contributed by atoms with E-state index in [1.54, 1.807) is 28.7 Å². The van der Waals surface area contributed by atoms with Gasteiger partial charge in [0.05, 0.1) is 24.7 Å². The lowest BCUT2D eigenvalue weighted by atomic mass is 9.85. The van der Waals surface area contributed by atoms with Crippen LogP contribution in [0.1, 0.15) is 67.2 Å². The fourth-order valence-electron chi connectivity index (χ4n) is 5.45. The van der Waals surface area contributed by atoms with E-state index in [0.717, 1.165) is 19.3 Å². The molecule has 3 aliphatic heterocycles. The monoisotopic (exact) mass is 522 g/mol. The molecule has 5 atom stereocenters. The predicted molar refractivity (Wildman–Crippen MR) is 140 cm³/mol. The maximum absolute atomic E-state index is 14.0. The highest BCUT2D eigenvalue weighted by molar-refractivity contribution is 5.91. The fraction of sp³-hybridized carbons (Fsp3) is 0.846. The first-order valence-electron chi connectivity index (χ1n) is 13.7. The maximum atomic E-state index is 14.0. The van der Waals surface area contributed by atoms with E-state index in [1.807, 2.05) is 34.6 Å². The summed E-state index contributed by atoms with van der Waals surface area (Å²) in [4.78, 5) is 58.0. The molecule has 3 rings (SSSR count). The summed E-state index contributed by atoms with van der Waals surface area (Å²) in [6.45, 7) is 13.2. The van der Waals surface area contributed by atoms with E-state index in [1.165, 1.54) is 0 Å². The van der Waals surface area contributed by atoms with Crippen molar-refractivity contribution in [3.63, 3.8) is 0 Å². The summed E-state index contributed by atoms with van der Waals surface area (Å²) < 4.78 is 6.01. The molecule has 0 saturated carbocycles. The molecule has 0 aromatic carbocycles. The topological polar surface area (TPSA) is 123 Å². The number of piperidine rings is 1. The average Bonchev–Trinajstić information content (AvgIpc) is 3.42. The van der Waals surface area contributed by atoms with Gasteiger partial charge in [0, 0.05) is 25.7 Å². The number of likely N-dealkylation sites (N-methyl/N-ethyl adjacent to an activating group) is 1. The van der Waals surface area contributed by atoms with Crippen LogP contribution in [-0.2, 0) is 14.3 Å².